The summed E-state index contributed by atoms with van der Waals surface area (Å²) in [5.41, 5.74) is 5.78. The van der Waals surface area contributed by atoms with Gasteiger partial charge in [0.25, 0.3) is 0 Å². The van der Waals surface area contributed by atoms with Gasteiger partial charge >= 0.3 is 5.97 Å². The summed E-state index contributed by atoms with van der Waals surface area (Å²) < 4.78 is 4.93. The summed E-state index contributed by atoms with van der Waals surface area (Å²) in [7, 11) is -1.56. The zero-order chi connectivity index (χ0) is 15.8. The molecule has 0 radical (unpaired) electrons. The van der Waals surface area contributed by atoms with Crippen molar-refractivity contribution in [2.24, 2.45) is 0 Å². The third-order valence-electron chi connectivity index (χ3n) is 4.17. The van der Waals surface area contributed by atoms with Crippen molar-refractivity contribution in [3.05, 3.63) is 0 Å². The summed E-state index contributed by atoms with van der Waals surface area (Å²) in [6.07, 6.45) is 2.84. The highest BCUT2D eigenvalue weighted by atomic mass is 28.3. The molecule has 0 aliphatic heterocycles. The Morgan fingerprint density at radius 1 is 1.00 bits per heavy atom. The van der Waals surface area contributed by atoms with Crippen molar-refractivity contribution in [1.82, 2.24) is 0 Å². The molecule has 0 saturated heterocycles. The van der Waals surface area contributed by atoms with Crippen LogP contribution in [0.3, 0.4) is 0 Å². The Bertz CT molecular complexity index is 326. The number of rotatable bonds is 7. The first-order valence-electron chi connectivity index (χ1n) is 7.88. The van der Waals surface area contributed by atoms with Crippen molar-refractivity contribution in [1.29, 1.82) is 0 Å². The number of ether oxygens (including phenoxy) is 1. The normalized spacial score (nSPS) is 11.7. The molecule has 0 amide bonds. The molecule has 0 rings (SSSR count). The highest BCUT2D eigenvalue weighted by Gasteiger charge is 2.41. The second kappa shape index (κ2) is 9.23. The number of esters is 1. The van der Waals surface area contributed by atoms with Gasteiger partial charge in [0.1, 0.15) is 8.07 Å². The Kier molecular flexibility index (Phi) is 8.88. The molecule has 116 valence electrons. The summed E-state index contributed by atoms with van der Waals surface area (Å²) in [4.78, 5) is 10.6. The van der Waals surface area contributed by atoms with Crippen molar-refractivity contribution >= 4 is 14.0 Å². The Morgan fingerprint density at radius 3 is 1.90 bits per heavy atom. The molecular weight excluding hydrogens is 264 g/mol. The molecule has 0 unspecified atom stereocenters. The van der Waals surface area contributed by atoms with Crippen molar-refractivity contribution in [3.63, 3.8) is 0 Å². The summed E-state index contributed by atoms with van der Waals surface area (Å²) in [6.45, 7) is 16.0. The SMILES string of the molecule is CC(=O)OCCCCC#C[Si](C(C)C)(C(C)C)C(C)C. The van der Waals surface area contributed by atoms with E-state index in [0.717, 1.165) is 19.3 Å². The molecule has 0 fully saturated rings. The molecule has 0 atom stereocenters. The maximum Gasteiger partial charge on any atom is 0.302 e. The lowest BCUT2D eigenvalue weighted by atomic mass is 10.2. The van der Waals surface area contributed by atoms with Gasteiger partial charge in [0.15, 0.2) is 0 Å². The van der Waals surface area contributed by atoms with Crippen LogP contribution in [0.1, 0.15) is 67.7 Å². The average Bonchev–Trinajstić information content (AvgIpc) is 2.30. The number of carbonyl (C=O) groups excluding carboxylic acids is 1. The van der Waals surface area contributed by atoms with Crippen molar-refractivity contribution in [3.8, 4) is 11.5 Å². The van der Waals surface area contributed by atoms with E-state index >= 15 is 0 Å². The fourth-order valence-electron chi connectivity index (χ4n) is 3.18. The van der Waals surface area contributed by atoms with E-state index in [9.17, 15) is 4.79 Å². The fourth-order valence-corrected chi connectivity index (χ4v) is 8.48. The summed E-state index contributed by atoms with van der Waals surface area (Å²) >= 11 is 0. The van der Waals surface area contributed by atoms with Crippen LogP contribution in [0.15, 0.2) is 0 Å². The third-order valence-corrected chi connectivity index (χ3v) is 10.5. The van der Waals surface area contributed by atoms with Crippen LogP contribution in [0.25, 0.3) is 0 Å². The van der Waals surface area contributed by atoms with Crippen LogP contribution in [0.2, 0.25) is 16.6 Å². The topological polar surface area (TPSA) is 26.3 Å². The van der Waals surface area contributed by atoms with Gasteiger partial charge in [0.2, 0.25) is 0 Å². The van der Waals surface area contributed by atoms with Crippen LogP contribution in [0, 0.1) is 11.5 Å². The molecule has 0 bridgehead atoms. The molecule has 0 saturated carbocycles. The van der Waals surface area contributed by atoms with Gasteiger partial charge in [0.05, 0.1) is 6.61 Å². The molecule has 0 aromatic carbocycles. The molecule has 0 aromatic rings. The molecule has 0 spiro atoms. The summed E-state index contributed by atoms with van der Waals surface area (Å²) in [6, 6.07) is 0. The minimum absolute atomic E-state index is 0.193. The van der Waals surface area contributed by atoms with E-state index in [1.807, 2.05) is 0 Å². The Hall–Kier alpha value is -0.753. The van der Waals surface area contributed by atoms with Crippen LogP contribution in [0.5, 0.6) is 0 Å². The lowest BCUT2D eigenvalue weighted by Crippen LogP contribution is -2.43. The lowest BCUT2D eigenvalue weighted by molar-refractivity contribution is -0.141. The molecule has 2 nitrogen and oxygen atoms in total. The summed E-state index contributed by atoms with van der Waals surface area (Å²) in [5, 5.41) is 0. The third kappa shape index (κ3) is 5.71. The maximum atomic E-state index is 10.6. The predicted octanol–water partition coefficient (Wildman–Crippen LogP) is 4.94. The molecule has 0 aromatic heterocycles. The standard InChI is InChI=1S/C17H32O2Si/c1-14(2)20(15(3)4,16(5)6)13-11-9-8-10-12-19-17(7)18/h14-16H,8-10,12H2,1-7H3. The lowest BCUT2D eigenvalue weighted by Gasteiger charge is -2.38. The van der Waals surface area contributed by atoms with Gasteiger partial charge in [-0.3, -0.25) is 4.79 Å². The van der Waals surface area contributed by atoms with Crippen molar-refractivity contribution in [2.45, 2.75) is 84.4 Å². The molecule has 0 aliphatic carbocycles. The fraction of sp³-hybridized carbons (Fsp3) is 0.824. The second-order valence-corrected chi connectivity index (χ2v) is 12.1. The highest BCUT2D eigenvalue weighted by Crippen LogP contribution is 2.40. The van der Waals surface area contributed by atoms with Crippen LogP contribution < -0.4 is 0 Å². The molecule has 0 N–H and O–H groups in total. The van der Waals surface area contributed by atoms with Gasteiger partial charge in [-0.25, -0.2) is 0 Å². The van der Waals surface area contributed by atoms with E-state index < -0.39 is 8.07 Å². The molecule has 0 heterocycles. The maximum absolute atomic E-state index is 10.6. The number of unbranched alkanes of at least 4 members (excludes halogenated alkanes) is 2. The van der Waals surface area contributed by atoms with E-state index in [0.29, 0.717) is 23.2 Å². The molecular formula is C17H32O2Si. The highest BCUT2D eigenvalue weighted by molar-refractivity contribution is 6.90. The van der Waals surface area contributed by atoms with E-state index in [1.54, 1.807) is 0 Å². The first kappa shape index (κ1) is 19.2. The van der Waals surface area contributed by atoms with Gasteiger partial charge in [0, 0.05) is 13.3 Å². The smallest absolute Gasteiger partial charge is 0.302 e. The van der Waals surface area contributed by atoms with Gasteiger partial charge < -0.3 is 4.74 Å². The van der Waals surface area contributed by atoms with Gasteiger partial charge in [-0.1, -0.05) is 41.5 Å². The first-order chi connectivity index (χ1) is 9.25. The average molecular weight is 297 g/mol. The molecule has 20 heavy (non-hydrogen) atoms. The van der Waals surface area contributed by atoms with E-state index in [-0.39, 0.29) is 5.97 Å². The largest absolute Gasteiger partial charge is 0.466 e. The Balaban J connectivity index is 4.48. The monoisotopic (exact) mass is 296 g/mol. The van der Waals surface area contributed by atoms with Crippen LogP contribution in [0.4, 0.5) is 0 Å². The van der Waals surface area contributed by atoms with E-state index in [2.05, 4.69) is 53.0 Å². The number of carbonyl (C=O) groups is 1. The van der Waals surface area contributed by atoms with Crippen LogP contribution >= 0.6 is 0 Å². The van der Waals surface area contributed by atoms with Gasteiger partial charge in [-0.15, -0.1) is 11.5 Å². The zero-order valence-corrected chi connectivity index (χ0v) is 15.4. The van der Waals surface area contributed by atoms with Gasteiger partial charge in [-0.05, 0) is 29.5 Å². The second-order valence-electron chi connectivity index (χ2n) is 6.50. The predicted molar refractivity (Wildman–Crippen MR) is 89.3 cm³/mol. The quantitative estimate of drug-likeness (QED) is 0.288. The minimum atomic E-state index is -1.56. The minimum Gasteiger partial charge on any atom is -0.466 e. The Labute approximate surface area is 126 Å². The molecule has 0 aliphatic rings. The van der Waals surface area contributed by atoms with Crippen LogP contribution in [-0.2, 0) is 9.53 Å². The Morgan fingerprint density at radius 2 is 1.50 bits per heavy atom. The van der Waals surface area contributed by atoms with E-state index in [1.165, 1.54) is 6.92 Å². The molecule has 3 heteroatoms. The number of hydrogen-bond donors (Lipinski definition) is 0. The van der Waals surface area contributed by atoms with Crippen LogP contribution in [-0.4, -0.2) is 20.7 Å². The number of hydrogen-bond acceptors (Lipinski definition) is 2. The van der Waals surface area contributed by atoms with Gasteiger partial charge in [-0.2, -0.15) is 0 Å². The van der Waals surface area contributed by atoms with Crippen molar-refractivity contribution in [2.75, 3.05) is 6.61 Å². The van der Waals surface area contributed by atoms with Crippen molar-refractivity contribution < 1.29 is 9.53 Å². The first-order valence-corrected chi connectivity index (χ1v) is 10.1. The van der Waals surface area contributed by atoms with E-state index in [4.69, 9.17) is 4.74 Å². The zero-order valence-electron chi connectivity index (χ0n) is 14.4. The summed E-state index contributed by atoms with van der Waals surface area (Å²) in [5.74, 6) is 3.24.